The standard InChI is InChI=1S/C23H23NO6S/c1-27-18-9-14(10-19(28-2)23(18)30-4)22(26)20(31-13-21(25)29-3)11-15-12-24-17-8-6-5-7-16(15)17/h5-12,24H,13H2,1-4H3. The molecule has 0 saturated heterocycles. The van der Waals surface area contributed by atoms with Crippen molar-refractivity contribution in [2.24, 2.45) is 0 Å². The van der Waals surface area contributed by atoms with E-state index >= 15 is 0 Å². The molecule has 0 aliphatic carbocycles. The van der Waals surface area contributed by atoms with Crippen LogP contribution in [0.25, 0.3) is 17.0 Å². The van der Waals surface area contributed by atoms with Gasteiger partial charge in [-0.2, -0.15) is 0 Å². The summed E-state index contributed by atoms with van der Waals surface area (Å²) >= 11 is 1.11. The van der Waals surface area contributed by atoms with E-state index in [1.54, 1.807) is 18.2 Å². The van der Waals surface area contributed by atoms with Gasteiger partial charge >= 0.3 is 5.97 Å². The van der Waals surface area contributed by atoms with Crippen LogP contribution in [0.4, 0.5) is 0 Å². The number of fused-ring (bicyclic) bond motifs is 1. The number of hydrogen-bond donors (Lipinski definition) is 1. The van der Waals surface area contributed by atoms with Crippen molar-refractivity contribution in [2.45, 2.75) is 0 Å². The summed E-state index contributed by atoms with van der Waals surface area (Å²) in [5.74, 6) is 0.432. The van der Waals surface area contributed by atoms with Crippen LogP contribution in [0.15, 0.2) is 47.5 Å². The average Bonchev–Trinajstić information content (AvgIpc) is 3.22. The van der Waals surface area contributed by atoms with Gasteiger partial charge in [-0.15, -0.1) is 11.8 Å². The highest BCUT2D eigenvalue weighted by atomic mass is 32.2. The van der Waals surface area contributed by atoms with Gasteiger partial charge < -0.3 is 23.9 Å². The zero-order chi connectivity index (χ0) is 22.4. The van der Waals surface area contributed by atoms with Gasteiger partial charge in [-0.05, 0) is 24.3 Å². The third-order valence-corrected chi connectivity index (χ3v) is 5.63. The Morgan fingerprint density at radius 2 is 1.68 bits per heavy atom. The monoisotopic (exact) mass is 441 g/mol. The van der Waals surface area contributed by atoms with E-state index in [1.165, 1.54) is 28.4 Å². The first-order chi connectivity index (χ1) is 15.0. The minimum absolute atomic E-state index is 0.000846. The molecule has 0 spiro atoms. The fourth-order valence-corrected chi connectivity index (χ4v) is 3.93. The largest absolute Gasteiger partial charge is 0.493 e. The Kier molecular flexibility index (Phi) is 7.25. The number of rotatable bonds is 9. The molecule has 1 aromatic heterocycles. The molecule has 31 heavy (non-hydrogen) atoms. The molecular weight excluding hydrogens is 418 g/mol. The number of aromatic amines is 1. The molecule has 0 saturated carbocycles. The minimum atomic E-state index is -0.424. The first-order valence-corrected chi connectivity index (χ1v) is 10.3. The quantitative estimate of drug-likeness (QED) is 0.301. The van der Waals surface area contributed by atoms with Crippen molar-refractivity contribution in [1.29, 1.82) is 0 Å². The number of allylic oxidation sites excluding steroid dienone is 1. The number of nitrogens with one attached hydrogen (secondary N) is 1. The lowest BCUT2D eigenvalue weighted by Crippen LogP contribution is -2.08. The molecule has 162 valence electrons. The Labute approximate surface area is 184 Å². The van der Waals surface area contributed by atoms with Gasteiger partial charge in [-0.3, -0.25) is 9.59 Å². The first-order valence-electron chi connectivity index (χ1n) is 9.34. The number of aromatic nitrogens is 1. The van der Waals surface area contributed by atoms with E-state index < -0.39 is 5.97 Å². The van der Waals surface area contributed by atoms with Gasteiger partial charge in [0.05, 0.1) is 39.1 Å². The number of H-pyrrole nitrogens is 1. The van der Waals surface area contributed by atoms with Gasteiger partial charge in [0.2, 0.25) is 5.75 Å². The maximum atomic E-state index is 13.4. The minimum Gasteiger partial charge on any atom is -0.493 e. The smallest absolute Gasteiger partial charge is 0.315 e. The zero-order valence-electron chi connectivity index (χ0n) is 17.7. The van der Waals surface area contributed by atoms with Crippen LogP contribution in [0.2, 0.25) is 0 Å². The van der Waals surface area contributed by atoms with Crippen molar-refractivity contribution in [3.05, 3.63) is 58.6 Å². The SMILES string of the molecule is COC(=O)CSC(=Cc1c[nH]c2ccccc12)C(=O)c1cc(OC)c(OC)c(OC)c1. The van der Waals surface area contributed by atoms with Gasteiger partial charge in [0.25, 0.3) is 0 Å². The second-order valence-corrected chi connectivity index (χ2v) is 7.42. The molecule has 0 atom stereocenters. The third kappa shape index (κ3) is 4.86. The van der Waals surface area contributed by atoms with Crippen LogP contribution >= 0.6 is 11.8 Å². The predicted molar refractivity (Wildman–Crippen MR) is 121 cm³/mol. The average molecular weight is 442 g/mol. The first kappa shape index (κ1) is 22.3. The van der Waals surface area contributed by atoms with E-state index in [4.69, 9.17) is 18.9 Å². The molecule has 0 radical (unpaired) electrons. The van der Waals surface area contributed by atoms with Crippen LogP contribution in [0.3, 0.4) is 0 Å². The lowest BCUT2D eigenvalue weighted by Gasteiger charge is -2.14. The summed E-state index contributed by atoms with van der Waals surface area (Å²) in [5, 5.41) is 0.969. The summed E-state index contributed by atoms with van der Waals surface area (Å²) in [6, 6.07) is 11.0. The van der Waals surface area contributed by atoms with Crippen LogP contribution in [-0.4, -0.2) is 50.9 Å². The van der Waals surface area contributed by atoms with E-state index in [1.807, 2.05) is 30.5 Å². The van der Waals surface area contributed by atoms with Crippen molar-refractivity contribution < 1.29 is 28.5 Å². The van der Waals surface area contributed by atoms with Gasteiger partial charge in [-0.1, -0.05) is 18.2 Å². The number of thioether (sulfide) groups is 1. The van der Waals surface area contributed by atoms with Crippen LogP contribution in [-0.2, 0) is 9.53 Å². The Hall–Kier alpha value is -3.39. The molecular formula is C23H23NO6S. The highest BCUT2D eigenvalue weighted by Crippen LogP contribution is 2.39. The van der Waals surface area contributed by atoms with Crippen LogP contribution < -0.4 is 14.2 Å². The number of para-hydroxylation sites is 1. The molecule has 0 bridgehead atoms. The molecule has 1 N–H and O–H groups in total. The number of carbonyl (C=O) groups excluding carboxylic acids is 2. The Balaban J connectivity index is 2.07. The molecule has 0 amide bonds. The Bertz CT molecular complexity index is 1110. The summed E-state index contributed by atoms with van der Waals surface area (Å²) in [6.07, 6.45) is 3.59. The van der Waals surface area contributed by atoms with Gasteiger partial charge in [-0.25, -0.2) is 0 Å². The summed E-state index contributed by atoms with van der Waals surface area (Å²) in [7, 11) is 5.78. The number of carbonyl (C=O) groups is 2. The van der Waals surface area contributed by atoms with Gasteiger partial charge in [0.1, 0.15) is 0 Å². The second kappa shape index (κ2) is 10.1. The molecule has 2 aromatic carbocycles. The molecule has 3 rings (SSSR count). The lowest BCUT2D eigenvalue weighted by atomic mass is 10.1. The van der Waals surface area contributed by atoms with Crippen molar-refractivity contribution in [3.63, 3.8) is 0 Å². The normalized spacial score (nSPS) is 11.3. The Morgan fingerprint density at radius 1 is 1.00 bits per heavy atom. The number of ketones is 1. The molecule has 7 nitrogen and oxygen atoms in total. The van der Waals surface area contributed by atoms with Crippen LogP contribution in [0.1, 0.15) is 15.9 Å². The number of esters is 1. The summed E-state index contributed by atoms with van der Waals surface area (Å²) in [6.45, 7) is 0. The van der Waals surface area contributed by atoms with Crippen molar-refractivity contribution in [1.82, 2.24) is 4.98 Å². The van der Waals surface area contributed by atoms with Crippen LogP contribution in [0, 0.1) is 0 Å². The summed E-state index contributed by atoms with van der Waals surface area (Å²) in [5.41, 5.74) is 2.13. The molecule has 8 heteroatoms. The number of Topliss-reactive ketones (excluding diaryl/α,β-unsaturated/α-hetero) is 1. The summed E-state index contributed by atoms with van der Waals surface area (Å²) in [4.78, 5) is 28.7. The fraction of sp³-hybridized carbons (Fsp3) is 0.217. The maximum absolute atomic E-state index is 13.4. The van der Waals surface area contributed by atoms with Crippen molar-refractivity contribution >= 4 is 40.5 Å². The fourth-order valence-electron chi connectivity index (χ4n) is 3.08. The maximum Gasteiger partial charge on any atom is 0.315 e. The van der Waals surface area contributed by atoms with Gasteiger partial charge in [0, 0.05) is 28.2 Å². The molecule has 1 heterocycles. The van der Waals surface area contributed by atoms with Crippen LogP contribution in [0.5, 0.6) is 17.2 Å². The van der Waals surface area contributed by atoms with Crippen molar-refractivity contribution in [2.75, 3.05) is 34.2 Å². The predicted octanol–water partition coefficient (Wildman–Crippen LogP) is 4.32. The highest BCUT2D eigenvalue weighted by Gasteiger charge is 2.21. The number of benzene rings is 2. The van der Waals surface area contributed by atoms with Crippen molar-refractivity contribution in [3.8, 4) is 17.2 Å². The number of ether oxygens (including phenoxy) is 4. The number of hydrogen-bond acceptors (Lipinski definition) is 7. The third-order valence-electron chi connectivity index (χ3n) is 4.63. The van der Waals surface area contributed by atoms with Gasteiger partial charge in [0.15, 0.2) is 17.3 Å². The number of methoxy groups -OCH3 is 4. The summed E-state index contributed by atoms with van der Waals surface area (Å²) < 4.78 is 20.8. The topological polar surface area (TPSA) is 86.9 Å². The van der Waals surface area contributed by atoms with E-state index in [2.05, 4.69) is 4.98 Å². The highest BCUT2D eigenvalue weighted by molar-refractivity contribution is 8.04. The lowest BCUT2D eigenvalue weighted by molar-refractivity contribution is -0.137. The molecule has 0 unspecified atom stereocenters. The molecule has 3 aromatic rings. The molecule has 0 fully saturated rings. The molecule has 0 aliphatic heterocycles. The zero-order valence-corrected chi connectivity index (χ0v) is 18.5. The Morgan fingerprint density at radius 3 is 2.29 bits per heavy atom. The van der Waals surface area contributed by atoms with E-state index in [9.17, 15) is 9.59 Å². The molecule has 0 aliphatic rings. The van der Waals surface area contributed by atoms with E-state index in [0.29, 0.717) is 27.7 Å². The van der Waals surface area contributed by atoms with E-state index in [0.717, 1.165) is 28.2 Å². The van der Waals surface area contributed by atoms with E-state index in [-0.39, 0.29) is 11.5 Å². The second-order valence-electron chi connectivity index (χ2n) is 6.41.